The third-order valence-electron chi connectivity index (χ3n) is 3.09. The molecule has 2 rings (SSSR count). The van der Waals surface area contributed by atoms with Crippen LogP contribution in [-0.4, -0.2) is 11.7 Å². The predicted octanol–water partition coefficient (Wildman–Crippen LogP) is 3.70. The van der Waals surface area contributed by atoms with Gasteiger partial charge in [-0.25, -0.2) is 4.39 Å². The normalized spacial score (nSPS) is 10.6. The molecule has 0 amide bonds. The average Bonchev–Trinajstić information content (AvgIpc) is 2.48. The van der Waals surface area contributed by atoms with Gasteiger partial charge in [0.05, 0.1) is 13.2 Å². The molecule has 1 N–H and O–H groups in total. The lowest BCUT2D eigenvalue weighted by Gasteiger charge is -2.07. The molecule has 0 aromatic heterocycles. The maximum atomic E-state index is 13.8. The van der Waals surface area contributed by atoms with E-state index in [2.05, 4.69) is 6.92 Å². The Labute approximate surface area is 118 Å². The van der Waals surface area contributed by atoms with Crippen LogP contribution in [0, 0.1) is 5.82 Å². The van der Waals surface area contributed by atoms with Crippen molar-refractivity contribution in [3.8, 4) is 5.75 Å². The Bertz CT molecular complexity index is 549. The highest BCUT2D eigenvalue weighted by molar-refractivity contribution is 5.33. The number of aliphatic hydroxyl groups is 1. The Hall–Kier alpha value is -1.87. The minimum Gasteiger partial charge on any atom is -0.494 e. The summed E-state index contributed by atoms with van der Waals surface area (Å²) in [4.78, 5) is 0. The van der Waals surface area contributed by atoms with Crippen molar-refractivity contribution in [3.63, 3.8) is 0 Å². The van der Waals surface area contributed by atoms with Crippen LogP contribution in [0.5, 0.6) is 5.75 Å². The maximum absolute atomic E-state index is 13.8. The number of rotatable bonds is 6. The molecule has 0 fully saturated rings. The SMILES string of the molecule is CCCOc1ccc(Cc2ccc(CO)cc2F)cc1. The fourth-order valence-electron chi connectivity index (χ4n) is 1.98. The van der Waals surface area contributed by atoms with E-state index in [1.54, 1.807) is 12.1 Å². The summed E-state index contributed by atoms with van der Waals surface area (Å²) in [7, 11) is 0. The third-order valence-corrected chi connectivity index (χ3v) is 3.09. The van der Waals surface area contributed by atoms with Crippen LogP contribution >= 0.6 is 0 Å². The molecule has 0 aliphatic heterocycles. The van der Waals surface area contributed by atoms with Crippen LogP contribution in [0.4, 0.5) is 4.39 Å². The van der Waals surface area contributed by atoms with Crippen LogP contribution in [-0.2, 0) is 13.0 Å². The standard InChI is InChI=1S/C17H19FO2/c1-2-9-20-16-7-4-13(5-8-16)10-15-6-3-14(12-19)11-17(15)18/h3-8,11,19H,2,9-10,12H2,1H3. The molecule has 3 heteroatoms. The highest BCUT2D eigenvalue weighted by Crippen LogP contribution is 2.18. The molecule has 0 aliphatic carbocycles. The fraction of sp³-hybridized carbons (Fsp3) is 0.294. The van der Waals surface area contributed by atoms with Gasteiger partial charge in [-0.05, 0) is 41.3 Å². The molecule has 0 heterocycles. The van der Waals surface area contributed by atoms with Crippen LogP contribution in [0.1, 0.15) is 30.0 Å². The Balaban J connectivity index is 2.06. The lowest BCUT2D eigenvalue weighted by Crippen LogP contribution is -1.97. The molecular formula is C17H19FO2. The Kier molecular flexibility index (Phi) is 5.13. The van der Waals surface area contributed by atoms with Gasteiger partial charge in [0, 0.05) is 6.42 Å². The number of benzene rings is 2. The van der Waals surface area contributed by atoms with Crippen molar-refractivity contribution in [3.05, 3.63) is 65.0 Å². The van der Waals surface area contributed by atoms with Crippen molar-refractivity contribution in [1.29, 1.82) is 0 Å². The second-order valence-corrected chi connectivity index (χ2v) is 4.75. The number of hydrogen-bond acceptors (Lipinski definition) is 2. The largest absolute Gasteiger partial charge is 0.494 e. The average molecular weight is 274 g/mol. The van der Waals surface area contributed by atoms with Gasteiger partial charge in [-0.2, -0.15) is 0 Å². The molecule has 0 spiro atoms. The number of hydrogen-bond donors (Lipinski definition) is 1. The lowest BCUT2D eigenvalue weighted by atomic mass is 10.0. The van der Waals surface area contributed by atoms with E-state index < -0.39 is 0 Å². The van der Waals surface area contributed by atoms with E-state index in [4.69, 9.17) is 9.84 Å². The molecule has 20 heavy (non-hydrogen) atoms. The third kappa shape index (κ3) is 3.81. The molecule has 2 aromatic rings. The fourth-order valence-corrected chi connectivity index (χ4v) is 1.98. The second-order valence-electron chi connectivity index (χ2n) is 4.75. The van der Waals surface area contributed by atoms with Gasteiger partial charge in [0.2, 0.25) is 0 Å². The van der Waals surface area contributed by atoms with Crippen LogP contribution in [0.15, 0.2) is 42.5 Å². The van der Waals surface area contributed by atoms with E-state index in [9.17, 15) is 4.39 Å². The van der Waals surface area contributed by atoms with Gasteiger partial charge in [-0.1, -0.05) is 31.2 Å². The zero-order chi connectivity index (χ0) is 14.4. The van der Waals surface area contributed by atoms with E-state index in [1.807, 2.05) is 24.3 Å². The topological polar surface area (TPSA) is 29.5 Å². The highest BCUT2D eigenvalue weighted by Gasteiger charge is 2.05. The molecule has 2 nitrogen and oxygen atoms in total. The number of aliphatic hydroxyl groups excluding tert-OH is 1. The van der Waals surface area contributed by atoms with Crippen LogP contribution in [0.2, 0.25) is 0 Å². The van der Waals surface area contributed by atoms with E-state index in [0.717, 1.165) is 17.7 Å². The first-order valence-corrected chi connectivity index (χ1v) is 6.83. The van der Waals surface area contributed by atoms with Crippen molar-refractivity contribution in [2.24, 2.45) is 0 Å². The summed E-state index contributed by atoms with van der Waals surface area (Å²) in [6.45, 7) is 2.63. The molecule has 2 aromatic carbocycles. The summed E-state index contributed by atoms with van der Waals surface area (Å²) in [5.41, 5.74) is 2.25. The zero-order valence-electron chi connectivity index (χ0n) is 11.6. The maximum Gasteiger partial charge on any atom is 0.127 e. The van der Waals surface area contributed by atoms with Gasteiger partial charge in [0.1, 0.15) is 11.6 Å². The summed E-state index contributed by atoms with van der Waals surface area (Å²) in [6, 6.07) is 12.6. The first-order valence-electron chi connectivity index (χ1n) is 6.83. The van der Waals surface area contributed by atoms with Gasteiger partial charge < -0.3 is 9.84 Å². The lowest BCUT2D eigenvalue weighted by molar-refractivity contribution is 0.281. The summed E-state index contributed by atoms with van der Waals surface area (Å²) in [5, 5.41) is 8.96. The minimum atomic E-state index is -0.275. The van der Waals surface area contributed by atoms with Crippen molar-refractivity contribution in [2.75, 3.05) is 6.61 Å². The molecular weight excluding hydrogens is 255 g/mol. The summed E-state index contributed by atoms with van der Waals surface area (Å²) in [5.74, 6) is 0.564. The quantitative estimate of drug-likeness (QED) is 0.870. The molecule has 0 unspecified atom stereocenters. The smallest absolute Gasteiger partial charge is 0.127 e. The van der Waals surface area contributed by atoms with Crippen LogP contribution in [0.3, 0.4) is 0 Å². The van der Waals surface area contributed by atoms with Crippen molar-refractivity contribution in [2.45, 2.75) is 26.4 Å². The van der Waals surface area contributed by atoms with E-state index in [-0.39, 0.29) is 12.4 Å². The molecule has 0 atom stereocenters. The molecule has 106 valence electrons. The van der Waals surface area contributed by atoms with Crippen molar-refractivity contribution >= 4 is 0 Å². The summed E-state index contributed by atoms with van der Waals surface area (Å²) in [6.07, 6.45) is 1.51. The van der Waals surface area contributed by atoms with Crippen LogP contribution < -0.4 is 4.74 Å². The van der Waals surface area contributed by atoms with Crippen molar-refractivity contribution in [1.82, 2.24) is 0 Å². The predicted molar refractivity (Wildman–Crippen MR) is 77.4 cm³/mol. The number of halogens is 1. The highest BCUT2D eigenvalue weighted by atomic mass is 19.1. The van der Waals surface area contributed by atoms with E-state index in [0.29, 0.717) is 24.2 Å². The first-order chi connectivity index (χ1) is 9.72. The Morgan fingerprint density at radius 3 is 2.35 bits per heavy atom. The van der Waals surface area contributed by atoms with Crippen LogP contribution in [0.25, 0.3) is 0 Å². The minimum absolute atomic E-state index is 0.138. The molecule has 0 radical (unpaired) electrons. The van der Waals surface area contributed by atoms with E-state index >= 15 is 0 Å². The second kappa shape index (κ2) is 7.06. The summed E-state index contributed by atoms with van der Waals surface area (Å²) >= 11 is 0. The van der Waals surface area contributed by atoms with Gasteiger partial charge in [-0.15, -0.1) is 0 Å². The van der Waals surface area contributed by atoms with Crippen molar-refractivity contribution < 1.29 is 14.2 Å². The Morgan fingerprint density at radius 1 is 1.05 bits per heavy atom. The molecule has 0 aliphatic rings. The molecule has 0 bridgehead atoms. The van der Waals surface area contributed by atoms with Gasteiger partial charge >= 0.3 is 0 Å². The Morgan fingerprint density at radius 2 is 1.75 bits per heavy atom. The van der Waals surface area contributed by atoms with Gasteiger partial charge in [0.15, 0.2) is 0 Å². The summed E-state index contributed by atoms with van der Waals surface area (Å²) < 4.78 is 19.3. The zero-order valence-corrected chi connectivity index (χ0v) is 11.6. The molecule has 0 saturated heterocycles. The van der Waals surface area contributed by atoms with Gasteiger partial charge in [0.25, 0.3) is 0 Å². The van der Waals surface area contributed by atoms with E-state index in [1.165, 1.54) is 6.07 Å². The van der Waals surface area contributed by atoms with Gasteiger partial charge in [-0.3, -0.25) is 0 Å². The number of ether oxygens (including phenoxy) is 1. The monoisotopic (exact) mass is 274 g/mol. The first kappa shape index (κ1) is 14.5. The molecule has 0 saturated carbocycles.